The molecule has 1 heterocycles. The van der Waals surface area contributed by atoms with E-state index in [1.165, 1.54) is 17.9 Å². The third-order valence-electron chi connectivity index (χ3n) is 2.92. The van der Waals surface area contributed by atoms with Gasteiger partial charge in [0, 0.05) is 5.69 Å². The van der Waals surface area contributed by atoms with E-state index in [0.717, 1.165) is 5.69 Å². The van der Waals surface area contributed by atoms with Crippen molar-refractivity contribution in [2.24, 2.45) is 0 Å². The minimum atomic E-state index is -0.975. The van der Waals surface area contributed by atoms with Gasteiger partial charge >= 0.3 is 5.97 Å². The number of furan rings is 1. The second kappa shape index (κ2) is 5.61. The highest BCUT2D eigenvalue weighted by atomic mass is 16.4. The van der Waals surface area contributed by atoms with Crippen molar-refractivity contribution in [2.45, 2.75) is 26.3 Å². The quantitative estimate of drug-likeness (QED) is 0.859. The van der Waals surface area contributed by atoms with Gasteiger partial charge in [0.15, 0.2) is 0 Å². The third-order valence-corrected chi connectivity index (χ3v) is 2.92. The molecule has 0 spiro atoms. The zero-order valence-electron chi connectivity index (χ0n) is 11.0. The van der Waals surface area contributed by atoms with Crippen molar-refractivity contribution in [3.05, 3.63) is 53.5 Å². The van der Waals surface area contributed by atoms with E-state index in [4.69, 9.17) is 9.52 Å². The standard InChI is InChI=1S/C15H17NO3/c1-10(2)11-4-3-5-13(6-11)16-8-14-7-12(9-19-14)15(17)18/h3-7,9-10,16H,8H2,1-2H3,(H,17,18). The number of benzene rings is 1. The molecule has 0 unspecified atom stereocenters. The van der Waals surface area contributed by atoms with Crippen molar-refractivity contribution in [2.75, 3.05) is 5.32 Å². The van der Waals surface area contributed by atoms with E-state index in [1.807, 2.05) is 12.1 Å². The Morgan fingerprint density at radius 2 is 2.16 bits per heavy atom. The summed E-state index contributed by atoms with van der Waals surface area (Å²) in [5, 5.41) is 12.0. The minimum Gasteiger partial charge on any atom is -0.478 e. The first kappa shape index (κ1) is 13.2. The zero-order chi connectivity index (χ0) is 13.8. The molecule has 0 saturated heterocycles. The Balaban J connectivity index is 2.01. The van der Waals surface area contributed by atoms with Crippen molar-refractivity contribution in [3.63, 3.8) is 0 Å². The first-order valence-corrected chi connectivity index (χ1v) is 6.21. The van der Waals surface area contributed by atoms with Crippen LogP contribution in [0.3, 0.4) is 0 Å². The molecule has 0 amide bonds. The molecule has 4 heteroatoms. The highest BCUT2D eigenvalue weighted by Crippen LogP contribution is 2.19. The Morgan fingerprint density at radius 1 is 1.37 bits per heavy atom. The number of carbonyl (C=O) groups is 1. The number of aromatic carboxylic acids is 1. The molecule has 19 heavy (non-hydrogen) atoms. The van der Waals surface area contributed by atoms with E-state index in [1.54, 1.807) is 0 Å². The summed E-state index contributed by atoms with van der Waals surface area (Å²) in [6.45, 7) is 4.75. The number of hydrogen-bond donors (Lipinski definition) is 2. The van der Waals surface area contributed by atoms with Crippen LogP contribution in [0.25, 0.3) is 0 Å². The lowest BCUT2D eigenvalue weighted by molar-refractivity contribution is 0.0696. The maximum absolute atomic E-state index is 10.7. The van der Waals surface area contributed by atoms with E-state index in [0.29, 0.717) is 18.2 Å². The highest BCUT2D eigenvalue weighted by Gasteiger charge is 2.08. The van der Waals surface area contributed by atoms with Crippen molar-refractivity contribution in [1.29, 1.82) is 0 Å². The van der Waals surface area contributed by atoms with E-state index >= 15 is 0 Å². The van der Waals surface area contributed by atoms with Gasteiger partial charge in [-0.25, -0.2) is 4.79 Å². The van der Waals surface area contributed by atoms with Gasteiger partial charge in [0.2, 0.25) is 0 Å². The van der Waals surface area contributed by atoms with E-state index < -0.39 is 5.97 Å². The molecule has 0 radical (unpaired) electrons. The fraction of sp³-hybridized carbons (Fsp3) is 0.267. The molecule has 4 nitrogen and oxygen atoms in total. The number of carboxylic acid groups (broad SMARTS) is 1. The number of nitrogens with one attached hydrogen (secondary N) is 1. The van der Waals surface area contributed by atoms with Crippen LogP contribution in [-0.4, -0.2) is 11.1 Å². The van der Waals surface area contributed by atoms with Crippen LogP contribution < -0.4 is 5.32 Å². The van der Waals surface area contributed by atoms with Gasteiger partial charge in [-0.05, 0) is 29.7 Å². The van der Waals surface area contributed by atoms with Crippen molar-refractivity contribution < 1.29 is 14.3 Å². The summed E-state index contributed by atoms with van der Waals surface area (Å²) in [5.74, 6) is 0.105. The third kappa shape index (κ3) is 3.37. The van der Waals surface area contributed by atoms with Gasteiger partial charge in [0.1, 0.15) is 12.0 Å². The minimum absolute atomic E-state index is 0.174. The summed E-state index contributed by atoms with van der Waals surface area (Å²) < 4.78 is 5.18. The van der Waals surface area contributed by atoms with Crippen LogP contribution in [0.2, 0.25) is 0 Å². The molecule has 100 valence electrons. The van der Waals surface area contributed by atoms with Crippen molar-refractivity contribution in [1.82, 2.24) is 0 Å². The number of anilines is 1. The molecule has 2 aromatic rings. The smallest absolute Gasteiger partial charge is 0.338 e. The zero-order valence-corrected chi connectivity index (χ0v) is 11.0. The summed E-state index contributed by atoms with van der Waals surface area (Å²) in [4.78, 5) is 10.7. The summed E-state index contributed by atoms with van der Waals surface area (Å²) in [6.07, 6.45) is 1.25. The molecule has 0 aliphatic carbocycles. The predicted octanol–water partition coefficient (Wildman–Crippen LogP) is 3.71. The number of hydrogen-bond acceptors (Lipinski definition) is 3. The molecule has 1 aromatic carbocycles. The molecule has 0 atom stereocenters. The van der Waals surface area contributed by atoms with Crippen molar-refractivity contribution in [3.8, 4) is 0 Å². The lowest BCUT2D eigenvalue weighted by Crippen LogP contribution is -1.99. The lowest BCUT2D eigenvalue weighted by Gasteiger charge is -2.09. The van der Waals surface area contributed by atoms with Crippen LogP contribution in [0, 0.1) is 0 Å². The fourth-order valence-corrected chi connectivity index (χ4v) is 1.78. The second-order valence-electron chi connectivity index (χ2n) is 4.74. The Labute approximate surface area is 112 Å². The molecule has 2 N–H and O–H groups in total. The van der Waals surface area contributed by atoms with Crippen LogP contribution in [0.4, 0.5) is 5.69 Å². The maximum Gasteiger partial charge on any atom is 0.338 e. The predicted molar refractivity (Wildman–Crippen MR) is 73.5 cm³/mol. The van der Waals surface area contributed by atoms with Gasteiger partial charge in [0.05, 0.1) is 12.1 Å². The van der Waals surface area contributed by atoms with Gasteiger partial charge in [-0.15, -0.1) is 0 Å². The van der Waals surface area contributed by atoms with Crippen LogP contribution in [0.5, 0.6) is 0 Å². The van der Waals surface area contributed by atoms with E-state index in [-0.39, 0.29) is 5.56 Å². The molecule has 2 rings (SSSR count). The number of rotatable bonds is 5. The van der Waals surface area contributed by atoms with Crippen LogP contribution in [0.1, 0.15) is 41.4 Å². The van der Waals surface area contributed by atoms with E-state index in [9.17, 15) is 4.79 Å². The van der Waals surface area contributed by atoms with Crippen LogP contribution in [0.15, 0.2) is 41.0 Å². The molecule has 0 bridgehead atoms. The first-order valence-electron chi connectivity index (χ1n) is 6.21. The van der Waals surface area contributed by atoms with Gasteiger partial charge in [-0.1, -0.05) is 26.0 Å². The lowest BCUT2D eigenvalue weighted by atomic mass is 10.0. The Bertz CT molecular complexity index is 572. The summed E-state index contributed by atoms with van der Waals surface area (Å²) >= 11 is 0. The molecule has 0 aliphatic rings. The SMILES string of the molecule is CC(C)c1cccc(NCc2cc(C(=O)O)co2)c1. The molecular formula is C15H17NO3. The van der Waals surface area contributed by atoms with Gasteiger partial charge in [-0.2, -0.15) is 0 Å². The van der Waals surface area contributed by atoms with Gasteiger partial charge < -0.3 is 14.8 Å². The topological polar surface area (TPSA) is 62.5 Å². The summed E-state index contributed by atoms with van der Waals surface area (Å²) in [7, 11) is 0. The van der Waals surface area contributed by atoms with E-state index in [2.05, 4.69) is 31.3 Å². The first-order chi connectivity index (χ1) is 9.06. The average Bonchev–Trinajstić information content (AvgIpc) is 2.85. The van der Waals surface area contributed by atoms with Gasteiger partial charge in [-0.3, -0.25) is 0 Å². The largest absolute Gasteiger partial charge is 0.478 e. The normalized spacial score (nSPS) is 10.7. The fourth-order valence-electron chi connectivity index (χ4n) is 1.78. The Morgan fingerprint density at radius 3 is 2.79 bits per heavy atom. The molecular weight excluding hydrogens is 242 g/mol. The average molecular weight is 259 g/mol. The maximum atomic E-state index is 10.7. The van der Waals surface area contributed by atoms with Crippen LogP contribution >= 0.6 is 0 Å². The van der Waals surface area contributed by atoms with Crippen LogP contribution in [-0.2, 0) is 6.54 Å². The highest BCUT2D eigenvalue weighted by molar-refractivity contribution is 5.87. The molecule has 0 saturated carbocycles. The summed E-state index contributed by atoms with van der Waals surface area (Å²) in [6, 6.07) is 9.69. The summed E-state index contributed by atoms with van der Waals surface area (Å²) in [5.41, 5.74) is 2.43. The Hall–Kier alpha value is -2.23. The van der Waals surface area contributed by atoms with Gasteiger partial charge in [0.25, 0.3) is 0 Å². The van der Waals surface area contributed by atoms with Crippen molar-refractivity contribution >= 4 is 11.7 Å². The molecule has 1 aromatic heterocycles. The second-order valence-corrected chi connectivity index (χ2v) is 4.74. The Kier molecular flexibility index (Phi) is 3.90. The number of carboxylic acids is 1. The molecule has 0 aliphatic heterocycles. The monoisotopic (exact) mass is 259 g/mol. The molecule has 0 fully saturated rings.